The van der Waals surface area contributed by atoms with E-state index >= 15 is 0 Å². The van der Waals surface area contributed by atoms with E-state index in [1.807, 2.05) is 12.1 Å². The van der Waals surface area contributed by atoms with E-state index in [0.717, 1.165) is 23.5 Å². The highest BCUT2D eigenvalue weighted by Crippen LogP contribution is 2.51. The first-order valence-electron chi connectivity index (χ1n) is 5.34. The largest absolute Gasteiger partial charge is 0.481 e. The Kier molecular flexibility index (Phi) is 3.34. The van der Waals surface area contributed by atoms with Gasteiger partial charge in [-0.25, -0.2) is 4.98 Å². The predicted molar refractivity (Wildman–Crippen MR) is 63.6 cm³/mol. The molecule has 1 heterocycles. The summed E-state index contributed by atoms with van der Waals surface area (Å²) >= 11 is 1.61. The van der Waals surface area contributed by atoms with Crippen molar-refractivity contribution in [1.29, 1.82) is 5.26 Å². The molecule has 1 aromatic heterocycles. The Morgan fingerprint density at radius 2 is 2.41 bits per heavy atom. The Labute approximate surface area is 104 Å². The molecule has 1 N–H and O–H groups in total. The number of rotatable bonds is 5. The van der Waals surface area contributed by atoms with Crippen LogP contribution in [0.3, 0.4) is 0 Å². The summed E-state index contributed by atoms with van der Waals surface area (Å²) in [5.74, 6) is 0.0734. The molecule has 0 unspecified atom stereocenters. The second-order valence-electron chi connectivity index (χ2n) is 4.35. The molecule has 1 fully saturated rings. The Morgan fingerprint density at radius 1 is 1.65 bits per heavy atom. The number of aliphatic carboxylic acids is 1. The minimum atomic E-state index is -0.726. The normalized spacial score (nSPS) is 16.2. The SMILES string of the molecule is N#Cc1cc(SCC2(CC(=O)O)CC2)ccn1. The lowest BCUT2D eigenvalue weighted by molar-refractivity contribution is -0.138. The molecule has 0 saturated heterocycles. The number of pyridine rings is 1. The number of hydrogen-bond donors (Lipinski definition) is 1. The average molecular weight is 248 g/mol. The Morgan fingerprint density at radius 3 is 3.00 bits per heavy atom. The molecule has 0 atom stereocenters. The molecule has 88 valence electrons. The van der Waals surface area contributed by atoms with Gasteiger partial charge in [0.2, 0.25) is 0 Å². The molecular weight excluding hydrogens is 236 g/mol. The van der Waals surface area contributed by atoms with Crippen molar-refractivity contribution in [3.05, 3.63) is 24.0 Å². The van der Waals surface area contributed by atoms with Crippen molar-refractivity contribution in [1.82, 2.24) is 4.98 Å². The van der Waals surface area contributed by atoms with E-state index in [0.29, 0.717) is 5.69 Å². The standard InChI is InChI=1S/C12H12N2O2S/c13-7-9-5-10(1-4-14-9)17-8-12(2-3-12)6-11(15)16/h1,4-5H,2-3,6,8H2,(H,15,16). The zero-order chi connectivity index (χ0) is 12.3. The van der Waals surface area contributed by atoms with Gasteiger partial charge in [0.15, 0.2) is 0 Å². The summed E-state index contributed by atoms with van der Waals surface area (Å²) in [4.78, 5) is 15.6. The molecule has 4 nitrogen and oxygen atoms in total. The zero-order valence-electron chi connectivity index (χ0n) is 9.22. The van der Waals surface area contributed by atoms with Crippen molar-refractivity contribution < 1.29 is 9.90 Å². The number of aromatic nitrogens is 1. The van der Waals surface area contributed by atoms with Gasteiger partial charge in [-0.2, -0.15) is 5.26 Å². The molecule has 1 saturated carbocycles. The van der Waals surface area contributed by atoms with Gasteiger partial charge < -0.3 is 5.11 Å². The molecule has 17 heavy (non-hydrogen) atoms. The molecule has 0 radical (unpaired) electrons. The van der Waals surface area contributed by atoms with Crippen LogP contribution in [0.1, 0.15) is 25.0 Å². The van der Waals surface area contributed by atoms with Gasteiger partial charge in [-0.15, -0.1) is 11.8 Å². The van der Waals surface area contributed by atoms with Crippen LogP contribution in [0.5, 0.6) is 0 Å². The molecule has 0 aliphatic heterocycles. The Balaban J connectivity index is 1.94. The number of thioether (sulfide) groups is 1. The number of hydrogen-bond acceptors (Lipinski definition) is 4. The Bertz CT molecular complexity index is 478. The first-order valence-corrected chi connectivity index (χ1v) is 6.33. The third kappa shape index (κ3) is 3.21. The summed E-state index contributed by atoms with van der Waals surface area (Å²) in [5.41, 5.74) is 0.380. The lowest BCUT2D eigenvalue weighted by Gasteiger charge is -2.11. The van der Waals surface area contributed by atoms with Crippen molar-refractivity contribution in [3.8, 4) is 6.07 Å². The maximum Gasteiger partial charge on any atom is 0.303 e. The first-order chi connectivity index (χ1) is 8.13. The van der Waals surface area contributed by atoms with Gasteiger partial charge in [0.1, 0.15) is 11.8 Å². The van der Waals surface area contributed by atoms with Gasteiger partial charge in [0.25, 0.3) is 0 Å². The van der Waals surface area contributed by atoms with Crippen LogP contribution in [0.15, 0.2) is 23.2 Å². The molecule has 0 aromatic carbocycles. The number of carbonyl (C=O) groups is 1. The lowest BCUT2D eigenvalue weighted by atomic mass is 10.1. The molecule has 1 aliphatic rings. The fourth-order valence-corrected chi connectivity index (χ4v) is 2.88. The predicted octanol–water partition coefficient (Wildman–Crippen LogP) is 2.30. The highest BCUT2D eigenvalue weighted by molar-refractivity contribution is 7.99. The van der Waals surface area contributed by atoms with Gasteiger partial charge in [-0.3, -0.25) is 4.79 Å². The van der Waals surface area contributed by atoms with Crippen molar-refractivity contribution in [3.63, 3.8) is 0 Å². The van der Waals surface area contributed by atoms with Crippen LogP contribution >= 0.6 is 11.8 Å². The summed E-state index contributed by atoms with van der Waals surface area (Å²) < 4.78 is 0. The summed E-state index contributed by atoms with van der Waals surface area (Å²) in [5, 5.41) is 17.5. The van der Waals surface area contributed by atoms with Gasteiger partial charge in [-0.05, 0) is 30.4 Å². The third-order valence-corrected chi connectivity index (χ3v) is 4.22. The minimum absolute atomic E-state index is 0.0213. The third-order valence-electron chi connectivity index (χ3n) is 2.87. The monoisotopic (exact) mass is 248 g/mol. The molecular formula is C12H12N2O2S. The van der Waals surface area contributed by atoms with Gasteiger partial charge in [0.05, 0.1) is 6.42 Å². The maximum absolute atomic E-state index is 10.7. The highest BCUT2D eigenvalue weighted by atomic mass is 32.2. The molecule has 1 aliphatic carbocycles. The van der Waals surface area contributed by atoms with E-state index in [-0.39, 0.29) is 11.8 Å². The van der Waals surface area contributed by atoms with Crippen molar-refractivity contribution in [2.24, 2.45) is 5.41 Å². The van der Waals surface area contributed by atoms with Crippen molar-refractivity contribution >= 4 is 17.7 Å². The highest BCUT2D eigenvalue weighted by Gasteiger charge is 2.44. The van der Waals surface area contributed by atoms with Gasteiger partial charge in [0, 0.05) is 16.8 Å². The molecule has 2 rings (SSSR count). The molecule has 1 aromatic rings. The topological polar surface area (TPSA) is 74.0 Å². The van der Waals surface area contributed by atoms with Gasteiger partial charge in [-0.1, -0.05) is 0 Å². The number of carboxylic acids is 1. The summed E-state index contributed by atoms with van der Waals surface area (Å²) in [7, 11) is 0. The van der Waals surface area contributed by atoms with E-state index in [9.17, 15) is 4.79 Å². The number of nitrogens with zero attached hydrogens (tertiary/aromatic N) is 2. The Hall–Kier alpha value is -1.54. The van der Waals surface area contributed by atoms with E-state index in [1.54, 1.807) is 24.0 Å². The second-order valence-corrected chi connectivity index (χ2v) is 5.40. The molecule has 0 bridgehead atoms. The smallest absolute Gasteiger partial charge is 0.303 e. The average Bonchev–Trinajstić information content (AvgIpc) is 3.06. The second kappa shape index (κ2) is 4.76. The minimum Gasteiger partial charge on any atom is -0.481 e. The molecule has 5 heteroatoms. The number of carboxylic acid groups (broad SMARTS) is 1. The zero-order valence-corrected chi connectivity index (χ0v) is 10.0. The summed E-state index contributed by atoms with van der Waals surface area (Å²) in [6.45, 7) is 0. The summed E-state index contributed by atoms with van der Waals surface area (Å²) in [6.07, 6.45) is 3.83. The van der Waals surface area contributed by atoms with Crippen LogP contribution in [0.4, 0.5) is 0 Å². The van der Waals surface area contributed by atoms with Crippen molar-refractivity contribution in [2.45, 2.75) is 24.2 Å². The quantitative estimate of drug-likeness (QED) is 0.809. The van der Waals surface area contributed by atoms with E-state index in [4.69, 9.17) is 10.4 Å². The van der Waals surface area contributed by atoms with Crippen LogP contribution in [0.25, 0.3) is 0 Å². The van der Waals surface area contributed by atoms with E-state index in [2.05, 4.69) is 4.98 Å². The number of nitriles is 1. The van der Waals surface area contributed by atoms with Gasteiger partial charge >= 0.3 is 5.97 Å². The van der Waals surface area contributed by atoms with Crippen LogP contribution < -0.4 is 0 Å². The molecule has 0 spiro atoms. The summed E-state index contributed by atoms with van der Waals surface area (Å²) in [6, 6.07) is 5.58. The van der Waals surface area contributed by atoms with Crippen LogP contribution in [-0.4, -0.2) is 21.8 Å². The van der Waals surface area contributed by atoms with Crippen LogP contribution in [0, 0.1) is 16.7 Å². The van der Waals surface area contributed by atoms with E-state index in [1.165, 1.54) is 0 Å². The van der Waals surface area contributed by atoms with Crippen molar-refractivity contribution in [2.75, 3.05) is 5.75 Å². The fourth-order valence-electron chi connectivity index (χ4n) is 1.67. The van der Waals surface area contributed by atoms with Crippen LogP contribution in [-0.2, 0) is 4.79 Å². The lowest BCUT2D eigenvalue weighted by Crippen LogP contribution is -2.10. The first kappa shape index (κ1) is 11.9. The molecule has 0 amide bonds. The van der Waals surface area contributed by atoms with E-state index < -0.39 is 5.97 Å². The maximum atomic E-state index is 10.7. The fraction of sp³-hybridized carbons (Fsp3) is 0.417. The van der Waals surface area contributed by atoms with Crippen LogP contribution in [0.2, 0.25) is 0 Å².